The van der Waals surface area contributed by atoms with E-state index in [9.17, 15) is 4.79 Å². The van der Waals surface area contributed by atoms with Gasteiger partial charge in [-0.25, -0.2) is 0 Å². The van der Waals surface area contributed by atoms with Crippen LogP contribution in [0.1, 0.15) is 38.7 Å². The van der Waals surface area contributed by atoms with Gasteiger partial charge in [0.2, 0.25) is 5.91 Å². The van der Waals surface area contributed by atoms with Crippen molar-refractivity contribution in [3.63, 3.8) is 0 Å². The van der Waals surface area contributed by atoms with E-state index < -0.39 is 0 Å². The van der Waals surface area contributed by atoms with Crippen LogP contribution >= 0.6 is 0 Å². The van der Waals surface area contributed by atoms with Crippen molar-refractivity contribution in [2.45, 2.75) is 51.3 Å². The zero-order chi connectivity index (χ0) is 22.4. The Morgan fingerprint density at radius 1 is 1.12 bits per heavy atom. The number of nitrogens with zero attached hydrogens (tertiary/aromatic N) is 2. The Kier molecular flexibility index (Phi) is 8.05. The van der Waals surface area contributed by atoms with Gasteiger partial charge in [0, 0.05) is 70.6 Å². The Morgan fingerprint density at radius 2 is 1.88 bits per heavy atom. The number of nitrogens with one attached hydrogen (secondary N) is 1. The molecule has 3 aliphatic rings. The monoisotopic (exact) mass is 445 g/mol. The minimum atomic E-state index is -0.0778. The molecule has 178 valence electrons. The molecule has 32 heavy (non-hydrogen) atoms. The molecule has 0 aliphatic carbocycles. The number of carbonyl (C=O) groups is 1. The fourth-order valence-electron chi connectivity index (χ4n) is 5.08. The molecule has 3 fully saturated rings. The van der Waals surface area contributed by atoms with Gasteiger partial charge >= 0.3 is 0 Å². The molecule has 1 aromatic carbocycles. The van der Waals surface area contributed by atoms with Crippen LogP contribution in [0.2, 0.25) is 0 Å². The van der Waals surface area contributed by atoms with Crippen LogP contribution in [0.5, 0.6) is 5.75 Å². The molecule has 7 heteroatoms. The third kappa shape index (κ3) is 5.81. The smallest absolute Gasteiger partial charge is 0.223 e. The molecule has 3 aliphatic heterocycles. The van der Waals surface area contributed by atoms with Gasteiger partial charge in [-0.2, -0.15) is 0 Å². The molecule has 0 aromatic heterocycles. The van der Waals surface area contributed by atoms with Crippen molar-refractivity contribution in [2.24, 2.45) is 5.92 Å². The highest BCUT2D eigenvalue weighted by atomic mass is 16.5. The molecule has 0 radical (unpaired) electrons. The van der Waals surface area contributed by atoms with E-state index in [1.165, 1.54) is 5.56 Å². The third-order valence-electron chi connectivity index (χ3n) is 7.04. The highest BCUT2D eigenvalue weighted by Crippen LogP contribution is 2.29. The van der Waals surface area contributed by atoms with Gasteiger partial charge in [0.05, 0.1) is 18.2 Å². The molecule has 1 aromatic rings. The second-order valence-electron chi connectivity index (χ2n) is 9.67. The van der Waals surface area contributed by atoms with Crippen LogP contribution < -0.4 is 10.1 Å². The van der Waals surface area contributed by atoms with Crippen molar-refractivity contribution >= 4 is 5.91 Å². The lowest BCUT2D eigenvalue weighted by atomic mass is 9.93. The number of rotatable bonds is 8. The summed E-state index contributed by atoms with van der Waals surface area (Å²) in [5.41, 5.74) is 1.17. The normalized spacial score (nSPS) is 25.8. The first-order valence-corrected chi connectivity index (χ1v) is 12.2. The third-order valence-corrected chi connectivity index (χ3v) is 7.04. The number of ether oxygens (including phenoxy) is 3. The van der Waals surface area contributed by atoms with E-state index in [1.807, 2.05) is 6.07 Å². The number of piperazine rings is 1. The van der Waals surface area contributed by atoms with Crippen LogP contribution in [-0.4, -0.2) is 86.5 Å². The van der Waals surface area contributed by atoms with Gasteiger partial charge in [0.25, 0.3) is 0 Å². The van der Waals surface area contributed by atoms with Crippen LogP contribution in [0.25, 0.3) is 0 Å². The van der Waals surface area contributed by atoms with Gasteiger partial charge in [-0.05, 0) is 39.2 Å². The van der Waals surface area contributed by atoms with Crippen LogP contribution in [0.4, 0.5) is 0 Å². The molecule has 1 amide bonds. The van der Waals surface area contributed by atoms with Gasteiger partial charge in [0.15, 0.2) is 0 Å². The van der Waals surface area contributed by atoms with Crippen molar-refractivity contribution in [2.75, 3.05) is 59.2 Å². The lowest BCUT2D eigenvalue weighted by Crippen LogP contribution is -2.62. The maximum Gasteiger partial charge on any atom is 0.223 e. The Labute approximate surface area is 192 Å². The van der Waals surface area contributed by atoms with Crippen molar-refractivity contribution < 1.29 is 19.0 Å². The molecule has 4 rings (SSSR count). The van der Waals surface area contributed by atoms with Gasteiger partial charge in [0.1, 0.15) is 5.75 Å². The molecule has 0 spiro atoms. The van der Waals surface area contributed by atoms with Gasteiger partial charge in [-0.3, -0.25) is 14.6 Å². The van der Waals surface area contributed by atoms with Gasteiger partial charge < -0.3 is 19.5 Å². The zero-order valence-electron chi connectivity index (χ0n) is 19.7. The van der Waals surface area contributed by atoms with Crippen molar-refractivity contribution in [3.05, 3.63) is 29.8 Å². The van der Waals surface area contributed by atoms with E-state index in [-0.39, 0.29) is 23.5 Å². The van der Waals surface area contributed by atoms with E-state index in [4.69, 9.17) is 14.2 Å². The second-order valence-corrected chi connectivity index (χ2v) is 9.67. The summed E-state index contributed by atoms with van der Waals surface area (Å²) in [6.45, 7) is 12.6. The Bertz CT molecular complexity index is 736. The average molecular weight is 446 g/mol. The fraction of sp³-hybridized carbons (Fsp3) is 0.720. The number of carbonyl (C=O) groups excluding carboxylic acids is 1. The van der Waals surface area contributed by atoms with Gasteiger partial charge in [-0.1, -0.05) is 18.2 Å². The van der Waals surface area contributed by atoms with Crippen LogP contribution in [0.3, 0.4) is 0 Å². The summed E-state index contributed by atoms with van der Waals surface area (Å²) in [5.74, 6) is 1.26. The first-order chi connectivity index (χ1) is 15.6. The Hall–Kier alpha value is -1.67. The molecule has 1 N–H and O–H groups in total. The van der Waals surface area contributed by atoms with E-state index >= 15 is 0 Å². The van der Waals surface area contributed by atoms with E-state index in [2.05, 4.69) is 47.2 Å². The van der Waals surface area contributed by atoms with E-state index in [0.717, 1.165) is 64.3 Å². The SMILES string of the molecule is CC(C)Oc1ccccc1CN1CCN(C2(CNC(=O)C3CCOCC3)CCOC2)CC1. The molecule has 3 saturated heterocycles. The number of amides is 1. The largest absolute Gasteiger partial charge is 0.491 e. The predicted octanol–water partition coefficient (Wildman–Crippen LogP) is 2.29. The molecular formula is C25H39N3O4. The van der Waals surface area contributed by atoms with Crippen LogP contribution in [0, 0.1) is 5.92 Å². The summed E-state index contributed by atoms with van der Waals surface area (Å²) in [6.07, 6.45) is 2.81. The minimum Gasteiger partial charge on any atom is -0.491 e. The topological polar surface area (TPSA) is 63.3 Å². The Morgan fingerprint density at radius 3 is 2.56 bits per heavy atom. The van der Waals surface area contributed by atoms with Crippen molar-refractivity contribution in [3.8, 4) is 5.75 Å². The predicted molar refractivity (Wildman–Crippen MR) is 124 cm³/mol. The molecule has 1 atom stereocenters. The summed E-state index contributed by atoms with van der Waals surface area (Å²) in [4.78, 5) is 17.8. The lowest BCUT2D eigenvalue weighted by Gasteiger charge is -2.45. The maximum atomic E-state index is 12.7. The molecule has 1 unspecified atom stereocenters. The zero-order valence-corrected chi connectivity index (χ0v) is 19.7. The van der Waals surface area contributed by atoms with Crippen LogP contribution in [-0.2, 0) is 20.8 Å². The molecule has 0 bridgehead atoms. The van der Waals surface area contributed by atoms with E-state index in [1.54, 1.807) is 0 Å². The Balaban J connectivity index is 1.31. The number of hydrogen-bond acceptors (Lipinski definition) is 6. The highest BCUT2D eigenvalue weighted by molar-refractivity contribution is 5.78. The van der Waals surface area contributed by atoms with Gasteiger partial charge in [-0.15, -0.1) is 0 Å². The fourth-order valence-corrected chi connectivity index (χ4v) is 5.08. The van der Waals surface area contributed by atoms with Crippen LogP contribution in [0.15, 0.2) is 24.3 Å². The number of hydrogen-bond donors (Lipinski definition) is 1. The quantitative estimate of drug-likeness (QED) is 0.663. The molecule has 7 nitrogen and oxygen atoms in total. The standard InChI is InChI=1S/C25H39N3O4/c1-20(2)32-23-6-4-3-5-22(23)17-27-10-12-28(13-11-27)25(9-16-31-19-25)18-26-24(29)21-7-14-30-15-8-21/h3-6,20-21H,7-19H2,1-2H3,(H,26,29). The first-order valence-electron chi connectivity index (χ1n) is 12.2. The number of para-hydroxylation sites is 1. The summed E-state index contributed by atoms with van der Waals surface area (Å²) in [6, 6.07) is 8.36. The average Bonchev–Trinajstić information content (AvgIpc) is 3.30. The lowest BCUT2D eigenvalue weighted by molar-refractivity contribution is -0.128. The summed E-state index contributed by atoms with van der Waals surface area (Å²) in [5, 5.41) is 3.26. The maximum absolute atomic E-state index is 12.7. The summed E-state index contributed by atoms with van der Waals surface area (Å²) in [7, 11) is 0. The molecule has 0 saturated carbocycles. The minimum absolute atomic E-state index is 0.0778. The van der Waals surface area contributed by atoms with E-state index in [0.29, 0.717) is 26.4 Å². The molecule has 3 heterocycles. The number of benzene rings is 1. The van der Waals surface area contributed by atoms with Crippen molar-refractivity contribution in [1.29, 1.82) is 0 Å². The summed E-state index contributed by atoms with van der Waals surface area (Å²) >= 11 is 0. The highest BCUT2D eigenvalue weighted by Gasteiger charge is 2.42. The first kappa shape index (κ1) is 23.5. The second kappa shape index (κ2) is 11.0. The van der Waals surface area contributed by atoms with Crippen molar-refractivity contribution in [1.82, 2.24) is 15.1 Å². The molecular weight excluding hydrogens is 406 g/mol. The summed E-state index contributed by atoms with van der Waals surface area (Å²) < 4.78 is 17.2.